The van der Waals surface area contributed by atoms with Crippen molar-refractivity contribution in [1.29, 1.82) is 0 Å². The van der Waals surface area contributed by atoms with Crippen LogP contribution in [-0.2, 0) is 4.74 Å². The van der Waals surface area contributed by atoms with Crippen LogP contribution in [0.15, 0.2) is 54.6 Å². The van der Waals surface area contributed by atoms with E-state index in [0.717, 1.165) is 6.42 Å². The monoisotopic (exact) mass is 186 g/mol. The Bertz CT molecular complexity index is 338. The van der Waals surface area contributed by atoms with Crippen LogP contribution in [0.25, 0.3) is 0 Å². The average Bonchev–Trinajstić information content (AvgIpc) is 2.30. The molecular weight excluding hydrogens is 172 g/mol. The molecule has 0 aromatic heterocycles. The number of ether oxygens (including phenoxy) is 1. The Labute approximate surface area is 84.7 Å². The molecule has 0 spiro atoms. The molecular formula is C13H14O. The molecule has 0 N–H and O–H groups in total. The summed E-state index contributed by atoms with van der Waals surface area (Å²) in [6.07, 6.45) is 5.24. The summed E-state index contributed by atoms with van der Waals surface area (Å²) in [6.45, 7) is 4.42. The average molecular weight is 186 g/mol. The van der Waals surface area contributed by atoms with Crippen molar-refractivity contribution < 1.29 is 4.74 Å². The Morgan fingerprint density at radius 1 is 1.29 bits per heavy atom. The molecule has 1 aromatic rings. The molecule has 1 aliphatic heterocycles. The zero-order valence-corrected chi connectivity index (χ0v) is 8.15. The van der Waals surface area contributed by atoms with Crippen LogP contribution >= 0.6 is 0 Å². The first kappa shape index (κ1) is 9.22. The summed E-state index contributed by atoms with van der Waals surface area (Å²) in [7, 11) is 0. The van der Waals surface area contributed by atoms with E-state index < -0.39 is 0 Å². The fraction of sp³-hybridized carbons (Fsp3) is 0.231. The predicted octanol–water partition coefficient (Wildman–Crippen LogP) is 3.26. The van der Waals surface area contributed by atoms with E-state index in [1.54, 1.807) is 0 Å². The van der Waals surface area contributed by atoms with E-state index in [4.69, 9.17) is 4.74 Å². The van der Waals surface area contributed by atoms with Crippen LogP contribution in [0.1, 0.15) is 18.1 Å². The molecule has 72 valence electrons. The van der Waals surface area contributed by atoms with Crippen molar-refractivity contribution in [1.82, 2.24) is 0 Å². The van der Waals surface area contributed by atoms with Crippen LogP contribution in [0, 0.1) is 0 Å². The minimum atomic E-state index is 0.222. The summed E-state index contributed by atoms with van der Waals surface area (Å²) in [4.78, 5) is 0. The third-order valence-corrected chi connectivity index (χ3v) is 2.48. The van der Waals surface area contributed by atoms with Gasteiger partial charge in [-0.25, -0.2) is 0 Å². The van der Waals surface area contributed by atoms with Gasteiger partial charge in [0.15, 0.2) is 0 Å². The summed E-state index contributed by atoms with van der Waals surface area (Å²) in [5, 5.41) is 0. The fourth-order valence-electron chi connectivity index (χ4n) is 1.62. The standard InChI is InChI=1S/C13H14O/c1-2-11-8-9-13(14-10-11)12-6-4-3-5-7-12/h2-8,13H,1,9-10H2. The van der Waals surface area contributed by atoms with Crippen LogP contribution in [0.5, 0.6) is 0 Å². The van der Waals surface area contributed by atoms with E-state index in [-0.39, 0.29) is 6.10 Å². The molecule has 0 fully saturated rings. The zero-order chi connectivity index (χ0) is 9.80. The Hall–Kier alpha value is -1.34. The zero-order valence-electron chi connectivity index (χ0n) is 8.15. The van der Waals surface area contributed by atoms with Crippen LogP contribution in [-0.4, -0.2) is 6.61 Å². The van der Waals surface area contributed by atoms with E-state index in [1.165, 1.54) is 11.1 Å². The molecule has 0 aliphatic carbocycles. The molecule has 1 nitrogen and oxygen atoms in total. The van der Waals surface area contributed by atoms with Crippen molar-refractivity contribution in [2.75, 3.05) is 6.61 Å². The Morgan fingerprint density at radius 2 is 2.07 bits per heavy atom. The maximum atomic E-state index is 5.73. The van der Waals surface area contributed by atoms with E-state index >= 15 is 0 Å². The Morgan fingerprint density at radius 3 is 2.64 bits per heavy atom. The van der Waals surface area contributed by atoms with Gasteiger partial charge in [-0.15, -0.1) is 0 Å². The third kappa shape index (κ3) is 1.94. The van der Waals surface area contributed by atoms with E-state index in [0.29, 0.717) is 6.61 Å². The lowest BCUT2D eigenvalue weighted by Gasteiger charge is -2.21. The molecule has 1 aliphatic rings. The first-order chi connectivity index (χ1) is 6.90. The van der Waals surface area contributed by atoms with Crippen molar-refractivity contribution in [2.45, 2.75) is 12.5 Å². The van der Waals surface area contributed by atoms with Gasteiger partial charge in [-0.1, -0.05) is 49.1 Å². The van der Waals surface area contributed by atoms with Gasteiger partial charge in [0.1, 0.15) is 0 Å². The van der Waals surface area contributed by atoms with Gasteiger partial charge in [0, 0.05) is 0 Å². The fourth-order valence-corrected chi connectivity index (χ4v) is 1.62. The predicted molar refractivity (Wildman–Crippen MR) is 58.0 cm³/mol. The quantitative estimate of drug-likeness (QED) is 0.688. The van der Waals surface area contributed by atoms with E-state index in [9.17, 15) is 0 Å². The van der Waals surface area contributed by atoms with Crippen LogP contribution in [0.4, 0.5) is 0 Å². The molecule has 0 saturated carbocycles. The molecule has 1 atom stereocenters. The lowest BCUT2D eigenvalue weighted by atomic mass is 10.0. The van der Waals surface area contributed by atoms with Gasteiger partial charge in [-0.3, -0.25) is 0 Å². The number of benzene rings is 1. The second-order valence-corrected chi connectivity index (χ2v) is 3.43. The SMILES string of the molecule is C=CC1=CCC(c2ccccc2)OC1. The van der Waals surface area contributed by atoms with Crippen LogP contribution in [0.2, 0.25) is 0 Å². The second kappa shape index (κ2) is 4.25. The van der Waals surface area contributed by atoms with Crippen LogP contribution in [0.3, 0.4) is 0 Å². The van der Waals surface area contributed by atoms with Gasteiger partial charge in [-0.05, 0) is 17.6 Å². The summed E-state index contributed by atoms with van der Waals surface area (Å²) in [5.74, 6) is 0. The summed E-state index contributed by atoms with van der Waals surface area (Å²) in [6, 6.07) is 10.3. The van der Waals surface area contributed by atoms with Crippen molar-refractivity contribution in [3.63, 3.8) is 0 Å². The normalized spacial score (nSPS) is 21.4. The number of hydrogen-bond donors (Lipinski definition) is 0. The Kier molecular flexibility index (Phi) is 2.80. The molecule has 1 heteroatoms. The highest BCUT2D eigenvalue weighted by Crippen LogP contribution is 2.26. The maximum absolute atomic E-state index is 5.73. The number of hydrogen-bond acceptors (Lipinski definition) is 1. The first-order valence-corrected chi connectivity index (χ1v) is 4.88. The maximum Gasteiger partial charge on any atom is 0.0864 e. The molecule has 0 saturated heterocycles. The highest BCUT2D eigenvalue weighted by molar-refractivity contribution is 5.24. The molecule has 1 aromatic carbocycles. The topological polar surface area (TPSA) is 9.23 Å². The summed E-state index contributed by atoms with van der Waals surface area (Å²) in [5.41, 5.74) is 2.45. The summed E-state index contributed by atoms with van der Waals surface area (Å²) < 4.78 is 5.73. The molecule has 14 heavy (non-hydrogen) atoms. The lowest BCUT2D eigenvalue weighted by molar-refractivity contribution is 0.0635. The third-order valence-electron chi connectivity index (χ3n) is 2.48. The van der Waals surface area contributed by atoms with Crippen molar-refractivity contribution in [3.05, 3.63) is 60.2 Å². The van der Waals surface area contributed by atoms with Gasteiger partial charge in [0.05, 0.1) is 12.7 Å². The molecule has 0 bridgehead atoms. The smallest absolute Gasteiger partial charge is 0.0864 e. The number of rotatable bonds is 2. The van der Waals surface area contributed by atoms with Gasteiger partial charge < -0.3 is 4.74 Å². The minimum absolute atomic E-state index is 0.222. The molecule has 0 amide bonds. The highest BCUT2D eigenvalue weighted by atomic mass is 16.5. The molecule has 1 unspecified atom stereocenters. The minimum Gasteiger partial charge on any atom is -0.369 e. The van der Waals surface area contributed by atoms with Crippen molar-refractivity contribution in [3.8, 4) is 0 Å². The largest absolute Gasteiger partial charge is 0.369 e. The van der Waals surface area contributed by atoms with Gasteiger partial charge in [-0.2, -0.15) is 0 Å². The van der Waals surface area contributed by atoms with Crippen LogP contribution < -0.4 is 0 Å². The van der Waals surface area contributed by atoms with Gasteiger partial charge in [0.2, 0.25) is 0 Å². The second-order valence-electron chi connectivity index (χ2n) is 3.43. The van der Waals surface area contributed by atoms with Crippen molar-refractivity contribution in [2.24, 2.45) is 0 Å². The molecule has 1 heterocycles. The lowest BCUT2D eigenvalue weighted by Crippen LogP contribution is -2.10. The van der Waals surface area contributed by atoms with Crippen molar-refractivity contribution >= 4 is 0 Å². The highest BCUT2D eigenvalue weighted by Gasteiger charge is 2.14. The molecule has 0 radical (unpaired) electrons. The van der Waals surface area contributed by atoms with E-state index in [1.807, 2.05) is 24.3 Å². The molecule has 2 rings (SSSR count). The summed E-state index contributed by atoms with van der Waals surface area (Å²) >= 11 is 0. The van der Waals surface area contributed by atoms with Gasteiger partial charge in [0.25, 0.3) is 0 Å². The Balaban J connectivity index is 2.10. The van der Waals surface area contributed by atoms with E-state index in [2.05, 4.69) is 24.8 Å². The first-order valence-electron chi connectivity index (χ1n) is 4.88. The van der Waals surface area contributed by atoms with Gasteiger partial charge >= 0.3 is 0 Å².